The minimum atomic E-state index is -3.63. The quantitative estimate of drug-likeness (QED) is 0.626. The van der Waals surface area contributed by atoms with E-state index in [9.17, 15) is 18.5 Å². The molecule has 0 saturated heterocycles. The molecule has 0 fully saturated rings. The number of rotatable bonds is 6. The second kappa shape index (κ2) is 5.54. The highest BCUT2D eigenvalue weighted by atomic mass is 32.2. The molecule has 0 atom stereocenters. The molecule has 0 radical (unpaired) electrons. The van der Waals surface area contributed by atoms with Crippen LogP contribution < -0.4 is 9.88 Å². The Morgan fingerprint density at radius 3 is 2.47 bits per heavy atom. The predicted molar refractivity (Wildman–Crippen MR) is 70.3 cm³/mol. The Kier molecular flexibility index (Phi) is 4.48. The van der Waals surface area contributed by atoms with Gasteiger partial charge >= 0.3 is 5.69 Å². The average molecular weight is 288 g/mol. The van der Waals surface area contributed by atoms with E-state index in [0.29, 0.717) is 0 Å². The number of benzene rings is 1. The molecule has 1 rings (SSSR count). The van der Waals surface area contributed by atoms with E-state index in [0.717, 1.165) is 0 Å². The van der Waals surface area contributed by atoms with Crippen LogP contribution >= 0.6 is 0 Å². The van der Waals surface area contributed by atoms with Gasteiger partial charge in [0.15, 0.2) is 5.75 Å². The molecule has 0 unspecified atom stereocenters. The van der Waals surface area contributed by atoms with E-state index in [1.54, 1.807) is 19.9 Å². The summed E-state index contributed by atoms with van der Waals surface area (Å²) >= 11 is 0. The fourth-order valence-corrected chi connectivity index (χ4v) is 2.76. The molecule has 0 aliphatic rings. The maximum atomic E-state index is 11.0. The Balaban J connectivity index is 2.80. The summed E-state index contributed by atoms with van der Waals surface area (Å²) in [6.45, 7) is 3.33. The lowest BCUT2D eigenvalue weighted by molar-refractivity contribution is -0.385. The first kappa shape index (κ1) is 15.4. The molecule has 7 nitrogen and oxygen atoms in total. The molecule has 0 aliphatic heterocycles. The van der Waals surface area contributed by atoms with Gasteiger partial charge in [0.25, 0.3) is 0 Å². The van der Waals surface area contributed by atoms with Crippen LogP contribution in [-0.2, 0) is 10.0 Å². The van der Waals surface area contributed by atoms with Crippen molar-refractivity contribution in [2.45, 2.75) is 13.8 Å². The molecule has 106 valence electrons. The molecule has 0 spiro atoms. The third-order valence-electron chi connectivity index (χ3n) is 2.27. The normalized spacial score (nSPS) is 12.2. The molecule has 0 amide bonds. The number of nitro groups is 1. The Bertz CT molecular complexity index is 568. The van der Waals surface area contributed by atoms with Crippen molar-refractivity contribution in [1.82, 2.24) is 0 Å². The Morgan fingerprint density at radius 1 is 1.37 bits per heavy atom. The van der Waals surface area contributed by atoms with Gasteiger partial charge in [-0.15, -0.1) is 0 Å². The molecule has 1 aromatic rings. The number of hydrogen-bond donors (Lipinski definition) is 1. The molecule has 0 aliphatic carbocycles. The van der Waals surface area contributed by atoms with Crippen molar-refractivity contribution in [3.05, 3.63) is 34.4 Å². The van der Waals surface area contributed by atoms with Crippen LogP contribution in [0.3, 0.4) is 0 Å². The summed E-state index contributed by atoms with van der Waals surface area (Å²) in [5.74, 6) is -0.157. The smallest absolute Gasteiger partial charge is 0.310 e. The van der Waals surface area contributed by atoms with Gasteiger partial charge in [0.2, 0.25) is 10.0 Å². The highest BCUT2D eigenvalue weighted by Gasteiger charge is 2.26. The molecular weight excluding hydrogens is 272 g/mol. The van der Waals surface area contributed by atoms with E-state index < -0.39 is 20.4 Å². The second-order valence-corrected chi connectivity index (χ2v) is 6.60. The molecule has 0 heterocycles. The van der Waals surface area contributed by atoms with Crippen molar-refractivity contribution in [3.63, 3.8) is 0 Å². The zero-order chi connectivity index (χ0) is 14.7. The van der Waals surface area contributed by atoms with Gasteiger partial charge < -0.3 is 4.74 Å². The average Bonchev–Trinajstić information content (AvgIpc) is 2.23. The first-order chi connectivity index (χ1) is 8.61. The lowest BCUT2D eigenvalue weighted by atomic mass is 9.98. The van der Waals surface area contributed by atoms with Gasteiger partial charge in [0.05, 0.1) is 17.3 Å². The van der Waals surface area contributed by atoms with Crippen LogP contribution in [0.1, 0.15) is 13.8 Å². The van der Waals surface area contributed by atoms with Gasteiger partial charge in [-0.2, -0.15) is 0 Å². The number of nitro benzene ring substituents is 1. The number of sulfonamides is 1. The van der Waals surface area contributed by atoms with E-state index >= 15 is 0 Å². The second-order valence-electron chi connectivity index (χ2n) is 4.98. The van der Waals surface area contributed by atoms with Gasteiger partial charge in [-0.3, -0.25) is 10.1 Å². The van der Waals surface area contributed by atoms with Gasteiger partial charge in [0.1, 0.15) is 0 Å². The standard InChI is InChI=1S/C11H16N2O5S/c1-11(2,8-19(12,16)17)7-18-10-6-4-3-5-9(10)13(14)15/h3-6H,7-8H2,1-2H3,(H2,12,16,17). The van der Waals surface area contributed by atoms with Gasteiger partial charge in [-0.25, -0.2) is 13.6 Å². The van der Waals surface area contributed by atoms with E-state index in [4.69, 9.17) is 9.88 Å². The number of hydrogen-bond acceptors (Lipinski definition) is 5. The molecule has 0 saturated carbocycles. The summed E-state index contributed by atoms with van der Waals surface area (Å²) in [7, 11) is -3.63. The fraction of sp³-hybridized carbons (Fsp3) is 0.455. The van der Waals surface area contributed by atoms with Crippen molar-refractivity contribution >= 4 is 15.7 Å². The number of para-hydroxylation sites is 2. The lowest BCUT2D eigenvalue weighted by Crippen LogP contribution is -2.33. The van der Waals surface area contributed by atoms with Gasteiger partial charge in [-0.1, -0.05) is 26.0 Å². The summed E-state index contributed by atoms with van der Waals surface area (Å²) in [5.41, 5.74) is -0.897. The zero-order valence-corrected chi connectivity index (χ0v) is 11.5. The van der Waals surface area contributed by atoms with Crippen LogP contribution in [0.2, 0.25) is 0 Å². The minimum Gasteiger partial charge on any atom is -0.486 e. The maximum Gasteiger partial charge on any atom is 0.310 e. The Labute approximate surface area is 111 Å². The highest BCUT2D eigenvalue weighted by Crippen LogP contribution is 2.28. The third-order valence-corrected chi connectivity index (χ3v) is 3.46. The monoisotopic (exact) mass is 288 g/mol. The number of nitrogens with two attached hydrogens (primary N) is 1. The van der Waals surface area contributed by atoms with Gasteiger partial charge in [0, 0.05) is 11.5 Å². The number of primary sulfonamides is 1. The summed E-state index contributed by atoms with van der Waals surface area (Å²) in [6, 6.07) is 5.92. The van der Waals surface area contributed by atoms with Crippen molar-refractivity contribution < 1.29 is 18.1 Å². The van der Waals surface area contributed by atoms with Crippen LogP contribution in [0.4, 0.5) is 5.69 Å². The van der Waals surface area contributed by atoms with E-state index in [1.807, 2.05) is 0 Å². The predicted octanol–water partition coefficient (Wildman–Crippen LogP) is 1.29. The zero-order valence-electron chi connectivity index (χ0n) is 10.7. The molecule has 19 heavy (non-hydrogen) atoms. The summed E-state index contributed by atoms with van der Waals surface area (Å²) < 4.78 is 27.4. The van der Waals surface area contributed by atoms with Crippen molar-refractivity contribution in [3.8, 4) is 5.75 Å². The van der Waals surface area contributed by atoms with Crippen LogP contribution in [-0.4, -0.2) is 25.7 Å². The van der Waals surface area contributed by atoms with E-state index in [2.05, 4.69) is 0 Å². The highest BCUT2D eigenvalue weighted by molar-refractivity contribution is 7.89. The van der Waals surface area contributed by atoms with E-state index in [1.165, 1.54) is 18.2 Å². The summed E-state index contributed by atoms with van der Waals surface area (Å²) in [4.78, 5) is 10.2. The largest absolute Gasteiger partial charge is 0.486 e. The van der Waals surface area contributed by atoms with Crippen LogP contribution in [0, 0.1) is 15.5 Å². The Hall–Kier alpha value is -1.67. The van der Waals surface area contributed by atoms with Crippen molar-refractivity contribution in [2.75, 3.05) is 12.4 Å². The maximum absolute atomic E-state index is 11.0. The molecular formula is C11H16N2O5S. The molecule has 1 aromatic carbocycles. The van der Waals surface area contributed by atoms with Crippen LogP contribution in [0.25, 0.3) is 0 Å². The molecule has 2 N–H and O–H groups in total. The van der Waals surface area contributed by atoms with E-state index in [-0.39, 0.29) is 23.8 Å². The molecule has 0 bridgehead atoms. The summed E-state index contributed by atoms with van der Waals surface area (Å²) in [6.07, 6.45) is 0. The SMILES string of the molecule is CC(C)(COc1ccccc1[N+](=O)[O-])CS(N)(=O)=O. The van der Waals surface area contributed by atoms with Crippen LogP contribution in [0.15, 0.2) is 24.3 Å². The van der Waals surface area contributed by atoms with Gasteiger partial charge in [-0.05, 0) is 6.07 Å². The lowest BCUT2D eigenvalue weighted by Gasteiger charge is -2.23. The number of ether oxygens (including phenoxy) is 1. The summed E-state index contributed by atoms with van der Waals surface area (Å²) in [5, 5.41) is 15.8. The van der Waals surface area contributed by atoms with Crippen LogP contribution in [0.5, 0.6) is 5.75 Å². The van der Waals surface area contributed by atoms with Crippen molar-refractivity contribution in [1.29, 1.82) is 0 Å². The van der Waals surface area contributed by atoms with Crippen molar-refractivity contribution in [2.24, 2.45) is 10.6 Å². The topological polar surface area (TPSA) is 113 Å². The molecule has 0 aromatic heterocycles. The first-order valence-electron chi connectivity index (χ1n) is 5.47. The first-order valence-corrected chi connectivity index (χ1v) is 7.19. The Morgan fingerprint density at radius 2 is 1.95 bits per heavy atom. The molecule has 8 heteroatoms. The minimum absolute atomic E-state index is 0.00822. The third kappa shape index (κ3) is 5.23. The number of nitrogens with zero attached hydrogens (tertiary/aromatic N) is 1. The fourth-order valence-electron chi connectivity index (χ4n) is 1.59.